The van der Waals surface area contributed by atoms with Gasteiger partial charge in [0.1, 0.15) is 0 Å². The van der Waals surface area contributed by atoms with Gasteiger partial charge in [-0.25, -0.2) is 12.7 Å². The second-order valence-electron chi connectivity index (χ2n) is 6.05. The Balaban J connectivity index is 1.98. The van der Waals surface area contributed by atoms with Gasteiger partial charge in [0.25, 0.3) is 0 Å². The lowest BCUT2D eigenvalue weighted by atomic mass is 9.81. The summed E-state index contributed by atoms with van der Waals surface area (Å²) in [6.45, 7) is 3.32. The summed E-state index contributed by atoms with van der Waals surface area (Å²) in [5.74, 6) is 1.43. The van der Waals surface area contributed by atoms with Crippen LogP contribution in [-0.2, 0) is 10.0 Å². The zero-order chi connectivity index (χ0) is 14.1. The number of hydrogen-bond acceptors (Lipinski definition) is 4. The van der Waals surface area contributed by atoms with Crippen LogP contribution in [0.5, 0.6) is 0 Å². The van der Waals surface area contributed by atoms with Crippen LogP contribution in [0.4, 0.5) is 0 Å². The molecule has 2 saturated heterocycles. The highest BCUT2D eigenvalue weighted by atomic mass is 32.2. The maximum atomic E-state index is 11.6. The maximum absolute atomic E-state index is 11.6. The summed E-state index contributed by atoms with van der Waals surface area (Å²) in [5, 5.41) is 11.1. The Kier molecular flexibility index (Phi) is 4.86. The van der Waals surface area contributed by atoms with E-state index in [-0.39, 0.29) is 5.25 Å². The van der Waals surface area contributed by atoms with Crippen molar-refractivity contribution in [3.8, 4) is 0 Å². The minimum Gasteiger partial charge on any atom is -0.389 e. The molecule has 0 aliphatic carbocycles. The van der Waals surface area contributed by atoms with Crippen molar-refractivity contribution in [1.82, 2.24) is 4.31 Å². The van der Waals surface area contributed by atoms with Crippen molar-refractivity contribution in [2.75, 3.05) is 25.1 Å². The van der Waals surface area contributed by atoms with Crippen molar-refractivity contribution in [1.29, 1.82) is 0 Å². The van der Waals surface area contributed by atoms with Crippen LogP contribution in [0, 0.1) is 5.92 Å². The molecular formula is C13H25NO3S2. The third kappa shape index (κ3) is 3.86. The first-order valence-corrected chi connectivity index (χ1v) is 10.00. The minimum atomic E-state index is -3.09. The van der Waals surface area contributed by atoms with E-state index in [4.69, 9.17) is 0 Å². The van der Waals surface area contributed by atoms with Gasteiger partial charge in [-0.2, -0.15) is 11.8 Å². The topological polar surface area (TPSA) is 57.6 Å². The first-order chi connectivity index (χ1) is 8.81. The molecule has 2 aliphatic rings. The van der Waals surface area contributed by atoms with Crippen LogP contribution < -0.4 is 0 Å². The van der Waals surface area contributed by atoms with Crippen LogP contribution in [0.2, 0.25) is 0 Å². The Morgan fingerprint density at radius 2 is 2.16 bits per heavy atom. The van der Waals surface area contributed by atoms with Crippen LogP contribution in [0.25, 0.3) is 0 Å². The highest BCUT2D eigenvalue weighted by Gasteiger charge is 2.40. The highest BCUT2D eigenvalue weighted by molar-refractivity contribution is 8.00. The van der Waals surface area contributed by atoms with Crippen LogP contribution in [0.1, 0.15) is 39.0 Å². The number of aliphatic hydroxyl groups is 1. The summed E-state index contributed by atoms with van der Waals surface area (Å²) in [7, 11) is -3.09. The van der Waals surface area contributed by atoms with Gasteiger partial charge in [-0.3, -0.25) is 0 Å². The molecule has 0 aromatic rings. The quantitative estimate of drug-likeness (QED) is 0.862. The minimum absolute atomic E-state index is 0.259. The first-order valence-electron chi connectivity index (χ1n) is 7.10. The fourth-order valence-corrected chi connectivity index (χ4v) is 5.39. The van der Waals surface area contributed by atoms with E-state index in [1.807, 2.05) is 11.8 Å². The molecular weight excluding hydrogens is 282 g/mol. The summed E-state index contributed by atoms with van der Waals surface area (Å²) < 4.78 is 24.8. The van der Waals surface area contributed by atoms with Crippen LogP contribution in [0.3, 0.4) is 0 Å². The van der Waals surface area contributed by atoms with E-state index in [2.05, 4.69) is 6.92 Å². The molecule has 3 unspecified atom stereocenters. The monoisotopic (exact) mass is 307 g/mol. The smallest absolute Gasteiger partial charge is 0.211 e. The summed E-state index contributed by atoms with van der Waals surface area (Å²) in [6, 6.07) is 0. The van der Waals surface area contributed by atoms with Crippen molar-refractivity contribution in [2.45, 2.75) is 49.9 Å². The second-order valence-corrected chi connectivity index (χ2v) is 9.48. The molecule has 6 heteroatoms. The van der Waals surface area contributed by atoms with Gasteiger partial charge in [0.05, 0.1) is 11.9 Å². The van der Waals surface area contributed by atoms with Gasteiger partial charge in [0.2, 0.25) is 10.0 Å². The molecule has 3 atom stereocenters. The Labute approximate surface area is 121 Å². The average molecular weight is 307 g/mol. The molecule has 0 bridgehead atoms. The predicted octanol–water partition coefficient (Wildman–Crippen LogP) is 1.69. The average Bonchev–Trinajstić information content (AvgIpc) is 2.32. The van der Waals surface area contributed by atoms with E-state index in [0.29, 0.717) is 19.0 Å². The first kappa shape index (κ1) is 15.6. The van der Waals surface area contributed by atoms with Gasteiger partial charge >= 0.3 is 0 Å². The van der Waals surface area contributed by atoms with Gasteiger partial charge in [0.15, 0.2) is 0 Å². The molecule has 0 saturated carbocycles. The summed E-state index contributed by atoms with van der Waals surface area (Å²) in [5.41, 5.74) is -0.603. The molecule has 4 nitrogen and oxygen atoms in total. The van der Waals surface area contributed by atoms with Crippen molar-refractivity contribution in [3.05, 3.63) is 0 Å². The van der Waals surface area contributed by atoms with Crippen molar-refractivity contribution in [2.24, 2.45) is 5.92 Å². The zero-order valence-corrected chi connectivity index (χ0v) is 13.5. The van der Waals surface area contributed by atoms with Crippen molar-refractivity contribution < 1.29 is 13.5 Å². The van der Waals surface area contributed by atoms with Gasteiger partial charge in [-0.1, -0.05) is 6.92 Å². The third-order valence-electron chi connectivity index (χ3n) is 4.47. The number of thioether (sulfide) groups is 1. The van der Waals surface area contributed by atoms with Gasteiger partial charge < -0.3 is 5.11 Å². The fraction of sp³-hybridized carbons (Fsp3) is 1.00. The third-order valence-corrected chi connectivity index (χ3v) is 7.20. The van der Waals surface area contributed by atoms with Crippen LogP contribution in [-0.4, -0.2) is 53.8 Å². The molecule has 2 heterocycles. The van der Waals surface area contributed by atoms with Crippen LogP contribution >= 0.6 is 11.8 Å². The fourth-order valence-electron chi connectivity index (χ4n) is 3.26. The Morgan fingerprint density at radius 1 is 1.42 bits per heavy atom. The molecule has 112 valence electrons. The van der Waals surface area contributed by atoms with Gasteiger partial charge in [-0.15, -0.1) is 0 Å². The molecule has 0 radical (unpaired) electrons. The molecule has 0 aromatic heterocycles. The lowest BCUT2D eigenvalue weighted by Crippen LogP contribution is -2.47. The Morgan fingerprint density at radius 3 is 2.79 bits per heavy atom. The van der Waals surface area contributed by atoms with E-state index in [0.717, 1.165) is 37.9 Å². The molecule has 0 aromatic carbocycles. The number of hydrogen-bond donors (Lipinski definition) is 1. The number of rotatable bonds is 3. The number of nitrogens with zero attached hydrogens (tertiary/aromatic N) is 1. The molecule has 19 heavy (non-hydrogen) atoms. The Hall–Kier alpha value is 0.220. The molecule has 2 fully saturated rings. The molecule has 1 N–H and O–H groups in total. The molecule has 2 aliphatic heterocycles. The summed E-state index contributed by atoms with van der Waals surface area (Å²) >= 11 is 1.84. The van der Waals surface area contributed by atoms with Crippen molar-refractivity contribution >= 4 is 21.8 Å². The normalized spacial score (nSPS) is 38.3. The molecule has 0 amide bonds. The zero-order valence-electron chi connectivity index (χ0n) is 11.8. The SMILES string of the molecule is CC1SCCCC1(O)CC1CCCN(S(C)(=O)=O)C1. The van der Waals surface area contributed by atoms with E-state index in [1.165, 1.54) is 6.26 Å². The second kappa shape index (κ2) is 5.92. The van der Waals surface area contributed by atoms with E-state index < -0.39 is 15.6 Å². The van der Waals surface area contributed by atoms with E-state index in [9.17, 15) is 13.5 Å². The van der Waals surface area contributed by atoms with E-state index >= 15 is 0 Å². The maximum Gasteiger partial charge on any atom is 0.211 e. The summed E-state index contributed by atoms with van der Waals surface area (Å²) in [4.78, 5) is 0. The number of piperidine rings is 1. The standard InChI is InChI=1S/C13H25NO3S2/c1-11-13(15,6-4-8-18-11)9-12-5-3-7-14(10-12)19(2,16)17/h11-12,15H,3-10H2,1-2H3. The lowest BCUT2D eigenvalue weighted by molar-refractivity contribution is -0.00144. The highest BCUT2D eigenvalue weighted by Crippen LogP contribution is 2.39. The Bertz CT molecular complexity index is 412. The summed E-state index contributed by atoms with van der Waals surface area (Å²) in [6.07, 6.45) is 5.89. The number of sulfonamides is 1. The molecule has 0 spiro atoms. The van der Waals surface area contributed by atoms with E-state index in [1.54, 1.807) is 4.31 Å². The van der Waals surface area contributed by atoms with Gasteiger partial charge in [0, 0.05) is 18.3 Å². The lowest BCUT2D eigenvalue weighted by Gasteiger charge is -2.42. The predicted molar refractivity (Wildman–Crippen MR) is 79.9 cm³/mol. The van der Waals surface area contributed by atoms with Crippen LogP contribution in [0.15, 0.2) is 0 Å². The molecule has 2 rings (SSSR count). The van der Waals surface area contributed by atoms with Gasteiger partial charge in [-0.05, 0) is 43.8 Å². The van der Waals surface area contributed by atoms with Crippen molar-refractivity contribution in [3.63, 3.8) is 0 Å². The largest absolute Gasteiger partial charge is 0.389 e.